The Hall–Kier alpha value is -2.57. The molecule has 0 aliphatic carbocycles. The lowest BCUT2D eigenvalue weighted by molar-refractivity contribution is 0.305. The molecular formula is C21H23ClN4OS. The Morgan fingerprint density at radius 2 is 1.79 bits per heavy atom. The molecule has 0 saturated carbocycles. The average molecular weight is 415 g/mol. The van der Waals surface area contributed by atoms with E-state index in [1.165, 1.54) is 4.88 Å². The minimum atomic E-state index is 0.450. The molecule has 146 valence electrons. The maximum absolute atomic E-state index is 6.17. The van der Waals surface area contributed by atoms with E-state index in [4.69, 9.17) is 16.3 Å². The summed E-state index contributed by atoms with van der Waals surface area (Å²) in [5.41, 5.74) is 2.24. The van der Waals surface area contributed by atoms with Gasteiger partial charge in [-0.05, 0) is 30.2 Å². The first-order chi connectivity index (χ1) is 13.7. The van der Waals surface area contributed by atoms with Gasteiger partial charge in [0.2, 0.25) is 0 Å². The van der Waals surface area contributed by atoms with E-state index >= 15 is 0 Å². The zero-order valence-electron chi connectivity index (χ0n) is 15.9. The molecule has 2 aromatic carbocycles. The molecule has 28 heavy (non-hydrogen) atoms. The minimum absolute atomic E-state index is 0.450. The molecule has 0 radical (unpaired) electrons. The van der Waals surface area contributed by atoms with Crippen LogP contribution in [0.15, 0.2) is 59.7 Å². The van der Waals surface area contributed by atoms with E-state index in [9.17, 15) is 0 Å². The summed E-state index contributed by atoms with van der Waals surface area (Å²) in [5.74, 6) is 1.41. The molecule has 0 bridgehead atoms. The van der Waals surface area contributed by atoms with Crippen molar-refractivity contribution in [3.63, 3.8) is 0 Å². The lowest BCUT2D eigenvalue weighted by Gasteiger charge is -2.14. The lowest BCUT2D eigenvalue weighted by atomic mass is 10.1. The van der Waals surface area contributed by atoms with E-state index in [2.05, 4.69) is 39.7 Å². The highest BCUT2D eigenvalue weighted by molar-refractivity contribution is 7.11. The number of aromatic nitrogens is 1. The van der Waals surface area contributed by atoms with Crippen LogP contribution >= 0.6 is 22.9 Å². The summed E-state index contributed by atoms with van der Waals surface area (Å²) < 4.78 is 5.89. The summed E-state index contributed by atoms with van der Waals surface area (Å²) in [6.07, 6.45) is 1.88. The number of aliphatic imine (C=N–C) groups is 1. The van der Waals surface area contributed by atoms with Gasteiger partial charge < -0.3 is 15.4 Å². The number of hydrogen-bond donors (Lipinski definition) is 2. The third-order valence-electron chi connectivity index (χ3n) is 4.08. The number of aryl methyl sites for hydroxylation is 1. The van der Waals surface area contributed by atoms with Gasteiger partial charge in [-0.25, -0.2) is 4.98 Å². The minimum Gasteiger partial charge on any atom is -0.487 e. The van der Waals surface area contributed by atoms with Crippen molar-refractivity contribution in [3.05, 3.63) is 80.8 Å². The fourth-order valence-electron chi connectivity index (χ4n) is 2.63. The van der Waals surface area contributed by atoms with Gasteiger partial charge >= 0.3 is 0 Å². The molecule has 0 amide bonds. The second-order valence-electron chi connectivity index (χ2n) is 6.13. The number of ether oxygens (including phenoxy) is 1. The largest absolute Gasteiger partial charge is 0.487 e. The number of guanidine groups is 1. The molecule has 0 aliphatic heterocycles. The zero-order valence-corrected chi connectivity index (χ0v) is 17.5. The van der Waals surface area contributed by atoms with E-state index in [-0.39, 0.29) is 0 Å². The number of nitrogens with zero attached hydrogens (tertiary/aromatic N) is 2. The van der Waals surface area contributed by atoms with Crippen LogP contribution in [0.5, 0.6) is 5.75 Å². The highest BCUT2D eigenvalue weighted by Gasteiger charge is 2.07. The summed E-state index contributed by atoms with van der Waals surface area (Å²) in [6.45, 7) is 3.79. The van der Waals surface area contributed by atoms with Crippen molar-refractivity contribution in [2.24, 2.45) is 4.99 Å². The molecule has 7 heteroatoms. The zero-order chi connectivity index (χ0) is 19.8. The van der Waals surface area contributed by atoms with Crippen molar-refractivity contribution in [3.8, 4) is 5.75 Å². The Balaban J connectivity index is 1.57. The van der Waals surface area contributed by atoms with Gasteiger partial charge in [0, 0.05) is 24.7 Å². The molecule has 0 unspecified atom stereocenters. The predicted molar refractivity (Wildman–Crippen MR) is 116 cm³/mol. The SMILES string of the molecule is CN=C(NCc1ncc(C)s1)NCc1ccccc1COc1ccccc1Cl. The van der Waals surface area contributed by atoms with Crippen molar-refractivity contribution >= 4 is 28.9 Å². The monoisotopic (exact) mass is 414 g/mol. The highest BCUT2D eigenvalue weighted by atomic mass is 35.5. The topological polar surface area (TPSA) is 58.5 Å². The van der Waals surface area contributed by atoms with Crippen LogP contribution in [0.1, 0.15) is 21.0 Å². The van der Waals surface area contributed by atoms with Crippen LogP contribution in [-0.4, -0.2) is 18.0 Å². The quantitative estimate of drug-likeness (QED) is 0.440. The van der Waals surface area contributed by atoms with E-state index in [0.29, 0.717) is 30.5 Å². The maximum atomic E-state index is 6.17. The van der Waals surface area contributed by atoms with Crippen LogP contribution < -0.4 is 15.4 Å². The summed E-state index contributed by atoms with van der Waals surface area (Å²) in [6, 6.07) is 15.7. The molecule has 1 heterocycles. The van der Waals surface area contributed by atoms with Crippen LogP contribution in [0.2, 0.25) is 5.02 Å². The number of halogens is 1. The average Bonchev–Trinajstić information content (AvgIpc) is 3.13. The molecule has 0 atom stereocenters. The number of para-hydroxylation sites is 1. The van der Waals surface area contributed by atoms with Crippen molar-refractivity contribution < 1.29 is 4.74 Å². The maximum Gasteiger partial charge on any atom is 0.191 e. The molecule has 3 rings (SSSR count). The normalized spacial score (nSPS) is 11.3. The van der Waals surface area contributed by atoms with Crippen LogP contribution in [0, 0.1) is 6.92 Å². The van der Waals surface area contributed by atoms with Gasteiger partial charge in [0.05, 0.1) is 11.6 Å². The van der Waals surface area contributed by atoms with E-state index in [1.807, 2.05) is 42.6 Å². The summed E-state index contributed by atoms with van der Waals surface area (Å²) in [7, 11) is 1.76. The smallest absolute Gasteiger partial charge is 0.191 e. The highest BCUT2D eigenvalue weighted by Crippen LogP contribution is 2.24. The Morgan fingerprint density at radius 1 is 1.07 bits per heavy atom. The molecule has 0 fully saturated rings. The fourth-order valence-corrected chi connectivity index (χ4v) is 3.55. The van der Waals surface area contributed by atoms with Crippen LogP contribution in [0.25, 0.3) is 0 Å². The van der Waals surface area contributed by atoms with Crippen molar-refractivity contribution in [2.45, 2.75) is 26.6 Å². The molecule has 0 spiro atoms. The predicted octanol–water partition coefficient (Wildman–Crippen LogP) is 4.55. The van der Waals surface area contributed by atoms with Crippen LogP contribution in [-0.2, 0) is 19.7 Å². The summed E-state index contributed by atoms with van der Waals surface area (Å²) >= 11 is 7.85. The van der Waals surface area contributed by atoms with Crippen LogP contribution in [0.4, 0.5) is 0 Å². The van der Waals surface area contributed by atoms with Crippen LogP contribution in [0.3, 0.4) is 0 Å². The Morgan fingerprint density at radius 3 is 2.50 bits per heavy atom. The van der Waals surface area contributed by atoms with Gasteiger partial charge in [-0.15, -0.1) is 11.3 Å². The first kappa shape index (κ1) is 20.2. The molecule has 3 aromatic rings. The fraction of sp³-hybridized carbons (Fsp3) is 0.238. The first-order valence-corrected chi connectivity index (χ1v) is 10.1. The number of nitrogens with one attached hydrogen (secondary N) is 2. The molecule has 2 N–H and O–H groups in total. The summed E-state index contributed by atoms with van der Waals surface area (Å²) in [5, 5.41) is 8.29. The molecule has 1 aromatic heterocycles. The van der Waals surface area contributed by atoms with E-state index < -0.39 is 0 Å². The Bertz CT molecular complexity index is 941. The third kappa shape index (κ3) is 5.71. The van der Waals surface area contributed by atoms with Gasteiger partial charge in [0.15, 0.2) is 5.96 Å². The van der Waals surface area contributed by atoms with Gasteiger partial charge in [-0.2, -0.15) is 0 Å². The molecule has 0 saturated heterocycles. The van der Waals surface area contributed by atoms with E-state index in [1.54, 1.807) is 18.4 Å². The van der Waals surface area contributed by atoms with Gasteiger partial charge in [-0.3, -0.25) is 4.99 Å². The molecule has 0 aliphatic rings. The van der Waals surface area contributed by atoms with Gasteiger partial charge in [0.25, 0.3) is 0 Å². The standard InChI is InChI=1S/C21H23ClN4OS/c1-15-11-24-20(28-15)13-26-21(23-2)25-12-16-7-3-4-8-17(16)14-27-19-10-6-5-9-18(19)22/h3-11H,12-14H2,1-2H3,(H2,23,25,26). The number of thiazole rings is 1. The number of rotatable bonds is 7. The first-order valence-electron chi connectivity index (χ1n) is 8.95. The van der Waals surface area contributed by atoms with Gasteiger partial charge in [0.1, 0.15) is 17.4 Å². The van der Waals surface area contributed by atoms with E-state index in [0.717, 1.165) is 22.1 Å². The third-order valence-corrected chi connectivity index (χ3v) is 5.31. The number of hydrogen-bond acceptors (Lipinski definition) is 4. The second-order valence-corrected chi connectivity index (χ2v) is 7.86. The van der Waals surface area contributed by atoms with Gasteiger partial charge in [-0.1, -0.05) is 48.0 Å². The summed E-state index contributed by atoms with van der Waals surface area (Å²) in [4.78, 5) is 9.84. The molecule has 5 nitrogen and oxygen atoms in total. The lowest BCUT2D eigenvalue weighted by Crippen LogP contribution is -2.36. The van der Waals surface area contributed by atoms with Crippen molar-refractivity contribution in [1.82, 2.24) is 15.6 Å². The number of benzene rings is 2. The molecular weight excluding hydrogens is 392 g/mol. The Labute approximate surface area is 174 Å². The van der Waals surface area contributed by atoms with Crippen molar-refractivity contribution in [2.75, 3.05) is 7.05 Å². The van der Waals surface area contributed by atoms with Crippen molar-refractivity contribution in [1.29, 1.82) is 0 Å². The second kappa shape index (κ2) is 10.1. The Kier molecular flexibility index (Phi) is 7.28.